The number of hydrogen-bond acceptors (Lipinski definition) is 6. The summed E-state index contributed by atoms with van der Waals surface area (Å²) in [5, 5.41) is 12.5. The zero-order valence-corrected chi connectivity index (χ0v) is 13.1. The van der Waals surface area contributed by atoms with Crippen LogP contribution in [-0.2, 0) is 12.5 Å². The standard InChI is InChI=1S/C9H12BrN5S2/c1-9(2,3)5-6(10)16-8(11-5)17-7-12-14-15(4)13-7/h1-4H3. The van der Waals surface area contributed by atoms with Gasteiger partial charge in [0.25, 0.3) is 0 Å². The van der Waals surface area contributed by atoms with Crippen LogP contribution in [0.2, 0.25) is 0 Å². The van der Waals surface area contributed by atoms with Gasteiger partial charge in [-0.25, -0.2) is 4.98 Å². The van der Waals surface area contributed by atoms with E-state index < -0.39 is 0 Å². The Morgan fingerprint density at radius 1 is 1.35 bits per heavy atom. The summed E-state index contributed by atoms with van der Waals surface area (Å²) in [5.74, 6) is 0. The molecular formula is C9H12BrN5S2. The van der Waals surface area contributed by atoms with E-state index in [0.717, 1.165) is 13.8 Å². The molecule has 0 aromatic carbocycles. The summed E-state index contributed by atoms with van der Waals surface area (Å²) < 4.78 is 1.99. The second-order valence-corrected chi connectivity index (χ2v) is 8.05. The van der Waals surface area contributed by atoms with Crippen molar-refractivity contribution in [2.45, 2.75) is 35.7 Å². The zero-order valence-electron chi connectivity index (χ0n) is 9.93. The minimum absolute atomic E-state index is 0.0317. The molecule has 0 unspecified atom stereocenters. The molecule has 0 aliphatic heterocycles. The molecule has 0 atom stereocenters. The van der Waals surface area contributed by atoms with Gasteiger partial charge < -0.3 is 0 Å². The Kier molecular flexibility index (Phi) is 3.55. The van der Waals surface area contributed by atoms with Crippen molar-refractivity contribution in [3.05, 3.63) is 9.48 Å². The molecule has 2 aromatic rings. The zero-order chi connectivity index (χ0) is 12.6. The Morgan fingerprint density at radius 3 is 2.53 bits per heavy atom. The van der Waals surface area contributed by atoms with Gasteiger partial charge in [-0.1, -0.05) is 32.1 Å². The van der Waals surface area contributed by atoms with Gasteiger partial charge in [0, 0.05) is 5.41 Å². The van der Waals surface area contributed by atoms with E-state index in [1.165, 1.54) is 16.6 Å². The minimum Gasteiger partial charge on any atom is -0.232 e. The molecular weight excluding hydrogens is 322 g/mol. The average Bonchev–Trinajstić information content (AvgIpc) is 2.72. The lowest BCUT2D eigenvalue weighted by molar-refractivity contribution is 0.566. The first-order valence-corrected chi connectivity index (χ1v) is 7.37. The van der Waals surface area contributed by atoms with Gasteiger partial charge >= 0.3 is 0 Å². The maximum absolute atomic E-state index is 4.60. The van der Waals surface area contributed by atoms with E-state index in [1.54, 1.807) is 18.4 Å². The Labute approximate surface area is 116 Å². The van der Waals surface area contributed by atoms with Gasteiger partial charge in [-0.05, 0) is 32.9 Å². The van der Waals surface area contributed by atoms with E-state index in [0.29, 0.717) is 5.16 Å². The van der Waals surface area contributed by atoms with E-state index in [1.807, 2.05) is 0 Å². The number of hydrogen-bond donors (Lipinski definition) is 0. The molecule has 5 nitrogen and oxygen atoms in total. The quantitative estimate of drug-likeness (QED) is 0.845. The molecule has 0 bridgehead atoms. The Bertz CT molecular complexity index is 528. The minimum atomic E-state index is 0.0317. The predicted octanol–water partition coefficient (Wildman–Crippen LogP) is 2.88. The summed E-state index contributed by atoms with van der Waals surface area (Å²) in [6.07, 6.45) is 0. The lowest BCUT2D eigenvalue weighted by atomic mass is 9.93. The summed E-state index contributed by atoms with van der Waals surface area (Å²) in [6.45, 7) is 6.42. The van der Waals surface area contributed by atoms with Crippen LogP contribution >= 0.6 is 39.0 Å². The highest BCUT2D eigenvalue weighted by molar-refractivity contribution is 9.11. The lowest BCUT2D eigenvalue weighted by Gasteiger charge is -2.15. The van der Waals surface area contributed by atoms with Gasteiger partial charge in [-0.3, -0.25) is 0 Å². The van der Waals surface area contributed by atoms with E-state index in [-0.39, 0.29) is 5.41 Å². The molecule has 0 spiro atoms. The van der Waals surface area contributed by atoms with Crippen LogP contribution in [-0.4, -0.2) is 25.2 Å². The maximum Gasteiger partial charge on any atom is 0.238 e. The number of rotatable bonds is 2. The van der Waals surface area contributed by atoms with E-state index >= 15 is 0 Å². The Balaban J connectivity index is 2.24. The predicted molar refractivity (Wildman–Crippen MR) is 71.4 cm³/mol. The first-order valence-electron chi connectivity index (χ1n) is 4.95. The molecule has 8 heteroatoms. The summed E-state index contributed by atoms with van der Waals surface area (Å²) in [4.78, 5) is 6.04. The van der Waals surface area contributed by atoms with Crippen LogP contribution in [0, 0.1) is 0 Å². The van der Waals surface area contributed by atoms with Crippen molar-refractivity contribution < 1.29 is 0 Å². The van der Waals surface area contributed by atoms with Gasteiger partial charge in [-0.2, -0.15) is 4.80 Å². The number of nitrogens with zero attached hydrogens (tertiary/aromatic N) is 5. The molecule has 17 heavy (non-hydrogen) atoms. The van der Waals surface area contributed by atoms with E-state index in [2.05, 4.69) is 57.1 Å². The highest BCUT2D eigenvalue weighted by Crippen LogP contribution is 2.38. The normalized spacial score (nSPS) is 12.1. The summed E-state index contributed by atoms with van der Waals surface area (Å²) >= 11 is 6.58. The van der Waals surface area contributed by atoms with Crippen LogP contribution in [0.1, 0.15) is 26.5 Å². The highest BCUT2D eigenvalue weighted by atomic mass is 79.9. The fourth-order valence-electron chi connectivity index (χ4n) is 1.17. The average molecular weight is 334 g/mol. The fraction of sp³-hybridized carbons (Fsp3) is 0.556. The Hall–Kier alpha value is -0.470. The van der Waals surface area contributed by atoms with Crippen molar-refractivity contribution in [3.63, 3.8) is 0 Å². The van der Waals surface area contributed by atoms with Crippen molar-refractivity contribution in [3.8, 4) is 0 Å². The number of aryl methyl sites for hydroxylation is 1. The van der Waals surface area contributed by atoms with Crippen molar-refractivity contribution >= 4 is 39.0 Å². The molecule has 2 aromatic heterocycles. The van der Waals surface area contributed by atoms with Gasteiger partial charge in [0.15, 0.2) is 4.34 Å². The monoisotopic (exact) mass is 333 g/mol. The molecule has 2 rings (SSSR count). The van der Waals surface area contributed by atoms with Crippen molar-refractivity contribution in [2.75, 3.05) is 0 Å². The van der Waals surface area contributed by atoms with Crippen LogP contribution in [0.25, 0.3) is 0 Å². The van der Waals surface area contributed by atoms with Gasteiger partial charge in [-0.15, -0.1) is 10.2 Å². The van der Waals surface area contributed by atoms with Gasteiger partial charge in [0.1, 0.15) is 0 Å². The van der Waals surface area contributed by atoms with Crippen LogP contribution < -0.4 is 0 Å². The third-order valence-corrected chi connectivity index (χ3v) is 4.56. The maximum atomic E-state index is 4.60. The molecule has 0 fully saturated rings. The molecule has 0 N–H and O–H groups in total. The van der Waals surface area contributed by atoms with Crippen molar-refractivity contribution in [2.24, 2.45) is 7.05 Å². The summed E-state index contributed by atoms with van der Waals surface area (Å²) in [7, 11) is 1.75. The second-order valence-electron chi connectivity index (χ2n) is 4.52. The molecule has 0 radical (unpaired) electrons. The number of halogens is 1. The topological polar surface area (TPSA) is 56.5 Å². The summed E-state index contributed by atoms with van der Waals surface area (Å²) in [5.41, 5.74) is 1.10. The second kappa shape index (κ2) is 4.66. The largest absolute Gasteiger partial charge is 0.238 e. The number of aromatic nitrogens is 5. The molecule has 0 amide bonds. The third kappa shape index (κ3) is 3.05. The molecule has 92 valence electrons. The molecule has 2 heterocycles. The molecule has 0 aliphatic carbocycles. The number of thiazole rings is 1. The fourth-order valence-corrected chi connectivity index (χ4v) is 4.55. The van der Waals surface area contributed by atoms with Gasteiger partial charge in [0.05, 0.1) is 16.5 Å². The first-order chi connectivity index (χ1) is 7.86. The van der Waals surface area contributed by atoms with E-state index in [9.17, 15) is 0 Å². The van der Waals surface area contributed by atoms with E-state index in [4.69, 9.17) is 0 Å². The van der Waals surface area contributed by atoms with Crippen LogP contribution in [0.4, 0.5) is 0 Å². The van der Waals surface area contributed by atoms with Crippen LogP contribution in [0.3, 0.4) is 0 Å². The highest BCUT2D eigenvalue weighted by Gasteiger charge is 2.22. The number of tetrazole rings is 1. The SMILES string of the molecule is Cn1nnc(Sc2nc(C(C)(C)C)c(Br)s2)n1. The third-order valence-electron chi connectivity index (χ3n) is 1.95. The molecule has 0 saturated carbocycles. The molecule has 0 aliphatic rings. The van der Waals surface area contributed by atoms with Crippen molar-refractivity contribution in [1.82, 2.24) is 25.2 Å². The lowest BCUT2D eigenvalue weighted by Crippen LogP contribution is -2.12. The van der Waals surface area contributed by atoms with Crippen LogP contribution in [0.15, 0.2) is 13.3 Å². The van der Waals surface area contributed by atoms with Gasteiger partial charge in [0.2, 0.25) is 5.16 Å². The first kappa shape index (κ1) is 13.0. The summed E-state index contributed by atoms with van der Waals surface area (Å²) in [6, 6.07) is 0. The van der Waals surface area contributed by atoms with Crippen molar-refractivity contribution in [1.29, 1.82) is 0 Å². The van der Waals surface area contributed by atoms with Crippen LogP contribution in [0.5, 0.6) is 0 Å². The Morgan fingerprint density at radius 2 is 2.06 bits per heavy atom. The molecule has 0 saturated heterocycles. The smallest absolute Gasteiger partial charge is 0.232 e.